The van der Waals surface area contributed by atoms with Gasteiger partial charge in [0.2, 0.25) is 0 Å². The van der Waals surface area contributed by atoms with Crippen LogP contribution < -0.4 is 0 Å². The SMILES string of the molecule is CCCn1c(-c2cccc(C(=O)N3CCC4(CC3)OCCO4)c2)nc2cccnc21. The van der Waals surface area contributed by atoms with Crippen LogP contribution in [0.4, 0.5) is 0 Å². The van der Waals surface area contributed by atoms with E-state index in [-0.39, 0.29) is 5.91 Å². The van der Waals surface area contributed by atoms with Crippen molar-refractivity contribution in [2.45, 2.75) is 38.5 Å². The number of carbonyl (C=O) groups excluding carboxylic acids is 1. The summed E-state index contributed by atoms with van der Waals surface area (Å²) in [6.07, 6.45) is 4.21. The van der Waals surface area contributed by atoms with Crippen molar-refractivity contribution in [1.29, 1.82) is 0 Å². The number of amides is 1. The van der Waals surface area contributed by atoms with E-state index in [1.165, 1.54) is 0 Å². The fourth-order valence-corrected chi connectivity index (χ4v) is 4.42. The van der Waals surface area contributed by atoms with E-state index in [0.29, 0.717) is 31.9 Å². The van der Waals surface area contributed by atoms with Crippen molar-refractivity contribution in [3.63, 3.8) is 0 Å². The van der Waals surface area contributed by atoms with Gasteiger partial charge in [-0.3, -0.25) is 4.79 Å². The lowest BCUT2D eigenvalue weighted by Gasteiger charge is -2.37. The third-order valence-corrected chi connectivity index (χ3v) is 5.94. The maximum Gasteiger partial charge on any atom is 0.253 e. The van der Waals surface area contributed by atoms with Crippen molar-refractivity contribution in [1.82, 2.24) is 19.4 Å². The lowest BCUT2D eigenvalue weighted by atomic mass is 10.0. The molecule has 0 bridgehead atoms. The van der Waals surface area contributed by atoms with Crippen LogP contribution in [-0.4, -0.2) is 57.4 Å². The molecule has 30 heavy (non-hydrogen) atoms. The van der Waals surface area contributed by atoms with Gasteiger partial charge in [-0.2, -0.15) is 0 Å². The molecule has 4 heterocycles. The first kappa shape index (κ1) is 19.2. The van der Waals surface area contributed by atoms with Gasteiger partial charge in [-0.05, 0) is 30.7 Å². The van der Waals surface area contributed by atoms with Crippen LogP contribution in [0.5, 0.6) is 0 Å². The van der Waals surface area contributed by atoms with Gasteiger partial charge in [-0.15, -0.1) is 0 Å². The summed E-state index contributed by atoms with van der Waals surface area (Å²) in [7, 11) is 0. The molecule has 7 nitrogen and oxygen atoms in total. The second-order valence-electron chi connectivity index (χ2n) is 7.91. The Morgan fingerprint density at radius 2 is 1.93 bits per heavy atom. The van der Waals surface area contributed by atoms with E-state index in [2.05, 4.69) is 16.5 Å². The molecule has 0 aliphatic carbocycles. The average Bonchev–Trinajstić information content (AvgIpc) is 3.39. The van der Waals surface area contributed by atoms with Gasteiger partial charge in [0.1, 0.15) is 11.3 Å². The molecule has 2 aliphatic rings. The van der Waals surface area contributed by atoms with E-state index in [4.69, 9.17) is 14.5 Å². The summed E-state index contributed by atoms with van der Waals surface area (Å²) in [4.78, 5) is 24.4. The van der Waals surface area contributed by atoms with E-state index in [9.17, 15) is 4.79 Å². The van der Waals surface area contributed by atoms with Crippen LogP contribution in [0.1, 0.15) is 36.5 Å². The molecule has 7 heteroatoms. The Kier molecular flexibility index (Phi) is 5.00. The number of rotatable bonds is 4. The lowest BCUT2D eigenvalue weighted by Crippen LogP contribution is -2.47. The Morgan fingerprint density at radius 3 is 2.70 bits per heavy atom. The molecule has 1 spiro atoms. The molecule has 3 aromatic rings. The molecule has 5 rings (SSSR count). The summed E-state index contributed by atoms with van der Waals surface area (Å²) in [6, 6.07) is 11.6. The highest BCUT2D eigenvalue weighted by atomic mass is 16.7. The van der Waals surface area contributed by atoms with Crippen molar-refractivity contribution in [3.05, 3.63) is 48.2 Å². The largest absolute Gasteiger partial charge is 0.347 e. The molecule has 1 amide bonds. The van der Waals surface area contributed by atoms with Gasteiger partial charge >= 0.3 is 0 Å². The molecular formula is C23H26N4O3. The molecule has 2 fully saturated rings. The third-order valence-electron chi connectivity index (χ3n) is 5.94. The summed E-state index contributed by atoms with van der Waals surface area (Å²) in [5.41, 5.74) is 3.36. The van der Waals surface area contributed by atoms with E-state index in [0.717, 1.165) is 48.4 Å². The number of hydrogen-bond acceptors (Lipinski definition) is 5. The molecule has 2 saturated heterocycles. The first-order valence-electron chi connectivity index (χ1n) is 10.7. The molecule has 2 aromatic heterocycles. The number of aromatic nitrogens is 3. The lowest BCUT2D eigenvalue weighted by molar-refractivity contribution is -0.181. The number of aryl methyl sites for hydroxylation is 1. The van der Waals surface area contributed by atoms with Crippen LogP contribution in [-0.2, 0) is 16.0 Å². The van der Waals surface area contributed by atoms with Crippen molar-refractivity contribution in [2.75, 3.05) is 26.3 Å². The monoisotopic (exact) mass is 406 g/mol. The summed E-state index contributed by atoms with van der Waals surface area (Å²) in [5, 5.41) is 0. The van der Waals surface area contributed by atoms with Crippen LogP contribution in [0.2, 0.25) is 0 Å². The number of imidazole rings is 1. The highest BCUT2D eigenvalue weighted by molar-refractivity contribution is 5.95. The normalized spacial score (nSPS) is 18.4. The third kappa shape index (κ3) is 3.38. The molecule has 0 saturated carbocycles. The van der Waals surface area contributed by atoms with Gasteiger partial charge in [-0.1, -0.05) is 19.1 Å². The minimum Gasteiger partial charge on any atom is -0.347 e. The quantitative estimate of drug-likeness (QED) is 0.663. The van der Waals surface area contributed by atoms with Gasteiger partial charge in [0.15, 0.2) is 11.4 Å². The molecule has 0 atom stereocenters. The molecule has 1 aromatic carbocycles. The number of pyridine rings is 1. The number of likely N-dealkylation sites (tertiary alicyclic amines) is 1. The molecule has 156 valence electrons. The smallest absolute Gasteiger partial charge is 0.253 e. The summed E-state index contributed by atoms with van der Waals surface area (Å²) in [6.45, 7) is 5.53. The van der Waals surface area contributed by atoms with Gasteiger partial charge < -0.3 is 18.9 Å². The number of hydrogen-bond donors (Lipinski definition) is 0. The van der Waals surface area contributed by atoms with Crippen LogP contribution in [0.25, 0.3) is 22.6 Å². The van der Waals surface area contributed by atoms with Crippen LogP contribution in [0.15, 0.2) is 42.6 Å². The van der Waals surface area contributed by atoms with E-state index < -0.39 is 5.79 Å². The second kappa shape index (κ2) is 7.81. The van der Waals surface area contributed by atoms with Crippen LogP contribution in [0.3, 0.4) is 0 Å². The standard InChI is InChI=1S/C23H26N4O3/c1-2-11-27-20(25-19-7-4-10-24-21(19)27)17-5-3-6-18(16-17)22(28)26-12-8-23(9-13-26)29-14-15-30-23/h3-7,10,16H,2,8-9,11-15H2,1H3. The number of fused-ring (bicyclic) bond motifs is 1. The van der Waals surface area contributed by atoms with E-state index in [1.807, 2.05) is 41.3 Å². The number of nitrogens with zero attached hydrogens (tertiary/aromatic N) is 4. The molecular weight excluding hydrogens is 380 g/mol. The maximum atomic E-state index is 13.2. The second-order valence-corrected chi connectivity index (χ2v) is 7.91. The minimum atomic E-state index is -0.476. The maximum absolute atomic E-state index is 13.2. The zero-order chi connectivity index (χ0) is 20.6. The average molecular weight is 406 g/mol. The Balaban J connectivity index is 1.41. The predicted octanol–water partition coefficient (Wildman–Crippen LogP) is 3.49. The minimum absolute atomic E-state index is 0.0426. The first-order valence-corrected chi connectivity index (χ1v) is 10.7. The topological polar surface area (TPSA) is 69.5 Å². The van der Waals surface area contributed by atoms with Crippen molar-refractivity contribution in [3.8, 4) is 11.4 Å². The van der Waals surface area contributed by atoms with Crippen LogP contribution >= 0.6 is 0 Å². The van der Waals surface area contributed by atoms with E-state index in [1.54, 1.807) is 6.20 Å². The van der Waals surface area contributed by atoms with Crippen molar-refractivity contribution >= 4 is 17.1 Å². The number of carbonyl (C=O) groups is 1. The number of piperidine rings is 1. The zero-order valence-electron chi connectivity index (χ0n) is 17.2. The molecule has 0 N–H and O–H groups in total. The van der Waals surface area contributed by atoms with Gasteiger partial charge in [0, 0.05) is 49.8 Å². The molecule has 0 radical (unpaired) electrons. The van der Waals surface area contributed by atoms with Gasteiger partial charge in [0.05, 0.1) is 13.2 Å². The summed E-state index contributed by atoms with van der Waals surface area (Å²) < 4.78 is 13.7. The molecule has 0 unspecified atom stereocenters. The molecule has 2 aliphatic heterocycles. The van der Waals surface area contributed by atoms with Gasteiger partial charge in [-0.25, -0.2) is 9.97 Å². The number of ether oxygens (including phenoxy) is 2. The first-order chi connectivity index (χ1) is 14.7. The van der Waals surface area contributed by atoms with Crippen LogP contribution in [0, 0.1) is 0 Å². The summed E-state index contributed by atoms with van der Waals surface area (Å²) >= 11 is 0. The van der Waals surface area contributed by atoms with Crippen molar-refractivity contribution in [2.24, 2.45) is 0 Å². The predicted molar refractivity (Wildman–Crippen MR) is 113 cm³/mol. The number of benzene rings is 1. The zero-order valence-corrected chi connectivity index (χ0v) is 17.2. The van der Waals surface area contributed by atoms with E-state index >= 15 is 0 Å². The van der Waals surface area contributed by atoms with Crippen molar-refractivity contribution < 1.29 is 14.3 Å². The Bertz CT molecular complexity index is 1060. The Morgan fingerprint density at radius 1 is 1.13 bits per heavy atom. The summed E-state index contributed by atoms with van der Waals surface area (Å²) in [5.74, 6) is 0.419. The Hall–Kier alpha value is -2.77. The highest BCUT2D eigenvalue weighted by Crippen LogP contribution is 2.32. The highest BCUT2D eigenvalue weighted by Gasteiger charge is 2.40. The van der Waals surface area contributed by atoms with Gasteiger partial charge in [0.25, 0.3) is 5.91 Å². The fraction of sp³-hybridized carbons (Fsp3) is 0.435. The Labute approximate surface area is 175 Å². The fourth-order valence-electron chi connectivity index (χ4n) is 4.42.